The third-order valence-electron chi connectivity index (χ3n) is 6.18. The second-order valence-electron chi connectivity index (χ2n) is 10.0. The molecule has 278 valence electrons. The number of hydrogen-bond acceptors (Lipinski definition) is 9. The maximum atomic E-state index is 12.8. The first kappa shape index (κ1) is 42.7. The molecular weight excluding hydrogens is 712 g/mol. The number of ether oxygens (including phenoxy) is 2. The number of aliphatic carboxylic acids is 3. The molecule has 0 spiro atoms. The first-order valence-corrected chi connectivity index (χ1v) is 15.5. The Morgan fingerprint density at radius 1 is 0.920 bits per heavy atom. The zero-order chi connectivity index (χ0) is 38.4. The average molecular weight is 746 g/mol. The van der Waals surface area contributed by atoms with Gasteiger partial charge < -0.3 is 35.4 Å². The van der Waals surface area contributed by atoms with Gasteiger partial charge in [-0.1, -0.05) is 12.1 Å². The fraction of sp³-hybridized carbons (Fsp3) is 0.393. The second kappa shape index (κ2) is 18.5. The summed E-state index contributed by atoms with van der Waals surface area (Å²) >= 11 is 0. The molecule has 0 aromatic heterocycles. The van der Waals surface area contributed by atoms with Crippen LogP contribution < -0.4 is 19.5 Å². The SMILES string of the molecule is CC(=N)N1CCC(Oc2ccc(N(CCOc3cccc(C(=N)N)c3)S(=O)(=O)CC(=O)O)cc2)CC1.O=C(O)C(F)(F)F.O=C(O)C(F)(F)F. The number of nitrogens with two attached hydrogens (primary N) is 1. The van der Waals surface area contributed by atoms with Gasteiger partial charge in [-0.05, 0) is 43.3 Å². The van der Waals surface area contributed by atoms with Gasteiger partial charge in [-0.15, -0.1) is 0 Å². The normalized spacial score (nSPS) is 13.4. The number of carboxylic acids is 3. The molecule has 7 N–H and O–H groups in total. The summed E-state index contributed by atoms with van der Waals surface area (Å²) in [6.07, 6.45) is -8.61. The summed E-state index contributed by atoms with van der Waals surface area (Å²) in [6, 6.07) is 13.0. The lowest BCUT2D eigenvalue weighted by atomic mass is 10.1. The Kier molecular flexibility index (Phi) is 15.8. The lowest BCUT2D eigenvalue weighted by molar-refractivity contribution is -0.193. The van der Waals surface area contributed by atoms with Crippen LogP contribution in [0.2, 0.25) is 0 Å². The van der Waals surface area contributed by atoms with Crippen LogP contribution in [0.5, 0.6) is 11.5 Å². The smallest absolute Gasteiger partial charge is 0.490 e. The Balaban J connectivity index is 0.000000748. The van der Waals surface area contributed by atoms with Crippen molar-refractivity contribution >= 4 is 45.3 Å². The van der Waals surface area contributed by atoms with Crippen molar-refractivity contribution in [2.45, 2.75) is 38.2 Å². The minimum atomic E-state index is -5.08. The molecule has 3 rings (SSSR count). The van der Waals surface area contributed by atoms with Crippen molar-refractivity contribution in [3.8, 4) is 11.5 Å². The number of nitrogen functional groups attached to an aromatic ring is 1. The molecule has 0 amide bonds. The van der Waals surface area contributed by atoms with Gasteiger partial charge in [-0.2, -0.15) is 26.3 Å². The fourth-order valence-electron chi connectivity index (χ4n) is 3.86. The van der Waals surface area contributed by atoms with Gasteiger partial charge in [-0.3, -0.25) is 19.9 Å². The van der Waals surface area contributed by atoms with E-state index in [0.29, 0.717) is 28.6 Å². The number of sulfonamides is 1. The Bertz CT molecular complexity index is 1570. The highest BCUT2D eigenvalue weighted by atomic mass is 32.2. The van der Waals surface area contributed by atoms with Crippen LogP contribution in [0.25, 0.3) is 0 Å². The molecule has 1 aliphatic rings. The van der Waals surface area contributed by atoms with E-state index in [2.05, 4.69) is 0 Å². The summed E-state index contributed by atoms with van der Waals surface area (Å²) in [5.74, 6) is -6.62. The van der Waals surface area contributed by atoms with E-state index in [1.165, 1.54) is 0 Å². The number of hydrogen-bond donors (Lipinski definition) is 6. The molecule has 0 unspecified atom stereocenters. The van der Waals surface area contributed by atoms with Crippen LogP contribution in [0.15, 0.2) is 48.5 Å². The molecule has 1 heterocycles. The maximum Gasteiger partial charge on any atom is 0.490 e. The zero-order valence-corrected chi connectivity index (χ0v) is 26.8. The Morgan fingerprint density at radius 2 is 1.42 bits per heavy atom. The summed E-state index contributed by atoms with van der Waals surface area (Å²) in [7, 11) is -4.17. The molecule has 1 fully saturated rings. The lowest BCUT2D eigenvalue weighted by Gasteiger charge is -2.33. The highest BCUT2D eigenvalue weighted by Gasteiger charge is 2.39. The third-order valence-corrected chi connectivity index (χ3v) is 7.86. The predicted octanol–water partition coefficient (Wildman–Crippen LogP) is 3.38. The van der Waals surface area contributed by atoms with Crippen molar-refractivity contribution in [2.75, 3.05) is 36.3 Å². The average Bonchev–Trinajstić information content (AvgIpc) is 2.99. The molecule has 0 bridgehead atoms. The monoisotopic (exact) mass is 745 g/mol. The van der Waals surface area contributed by atoms with Crippen LogP contribution in [0.3, 0.4) is 0 Å². The van der Waals surface area contributed by atoms with Gasteiger partial charge in [0, 0.05) is 31.5 Å². The van der Waals surface area contributed by atoms with Crippen LogP contribution >= 0.6 is 0 Å². The Labute approximate surface area is 280 Å². The number of amidine groups is 2. The summed E-state index contributed by atoms with van der Waals surface area (Å²) in [6.45, 7) is 3.08. The minimum Gasteiger partial charge on any atom is -0.492 e. The van der Waals surface area contributed by atoms with Gasteiger partial charge >= 0.3 is 30.3 Å². The highest BCUT2D eigenvalue weighted by molar-refractivity contribution is 7.93. The first-order chi connectivity index (χ1) is 22.9. The van der Waals surface area contributed by atoms with Gasteiger partial charge in [0.25, 0.3) is 0 Å². The topological polar surface area (TPSA) is 245 Å². The molecule has 15 nitrogen and oxygen atoms in total. The van der Waals surface area contributed by atoms with Crippen molar-refractivity contribution in [3.63, 3.8) is 0 Å². The number of likely N-dealkylation sites (tertiary alicyclic amines) is 1. The number of anilines is 1. The summed E-state index contributed by atoms with van der Waals surface area (Å²) in [5, 5.41) is 38.6. The van der Waals surface area contributed by atoms with Gasteiger partial charge in [0.1, 0.15) is 30.0 Å². The van der Waals surface area contributed by atoms with Crippen molar-refractivity contribution in [1.82, 2.24) is 4.90 Å². The van der Waals surface area contributed by atoms with E-state index < -0.39 is 46.0 Å². The fourth-order valence-corrected chi connectivity index (χ4v) is 5.12. The van der Waals surface area contributed by atoms with Gasteiger partial charge in [0.2, 0.25) is 10.0 Å². The number of alkyl halides is 6. The molecule has 0 atom stereocenters. The van der Waals surface area contributed by atoms with Crippen molar-refractivity contribution in [1.29, 1.82) is 10.8 Å². The first-order valence-electron chi connectivity index (χ1n) is 13.9. The van der Waals surface area contributed by atoms with Crippen molar-refractivity contribution < 1.29 is 73.9 Å². The van der Waals surface area contributed by atoms with Crippen LogP contribution in [-0.2, 0) is 24.4 Å². The highest BCUT2D eigenvalue weighted by Crippen LogP contribution is 2.25. The molecule has 0 aliphatic carbocycles. The molecule has 2 aromatic carbocycles. The van der Waals surface area contributed by atoms with E-state index in [4.69, 9.17) is 50.9 Å². The van der Waals surface area contributed by atoms with E-state index in [1.807, 2.05) is 4.90 Å². The van der Waals surface area contributed by atoms with E-state index in [9.17, 15) is 39.6 Å². The van der Waals surface area contributed by atoms with E-state index in [0.717, 1.165) is 30.2 Å². The number of benzene rings is 2. The second-order valence-corrected chi connectivity index (χ2v) is 11.9. The maximum absolute atomic E-state index is 12.8. The molecule has 22 heteroatoms. The number of halogens is 6. The number of nitrogens with zero attached hydrogens (tertiary/aromatic N) is 2. The van der Waals surface area contributed by atoms with Gasteiger partial charge in [0.05, 0.1) is 18.1 Å². The third kappa shape index (κ3) is 15.3. The van der Waals surface area contributed by atoms with Crippen LogP contribution in [-0.4, -0.2) is 109 Å². The zero-order valence-electron chi connectivity index (χ0n) is 26.0. The molecule has 0 radical (unpaired) electrons. The van der Waals surface area contributed by atoms with Gasteiger partial charge in [0.15, 0.2) is 5.75 Å². The number of nitrogens with one attached hydrogen (secondary N) is 2. The number of piperidine rings is 1. The summed E-state index contributed by atoms with van der Waals surface area (Å²) in [4.78, 5) is 31.0. The lowest BCUT2D eigenvalue weighted by Crippen LogP contribution is -2.40. The van der Waals surface area contributed by atoms with Crippen molar-refractivity contribution in [3.05, 3.63) is 54.1 Å². The van der Waals surface area contributed by atoms with Crippen molar-refractivity contribution in [2.24, 2.45) is 5.73 Å². The van der Waals surface area contributed by atoms with Crippen LogP contribution in [0.1, 0.15) is 25.3 Å². The standard InChI is InChI=1S/C24H31N5O6S.2C2HF3O2/c1-17(25)28-11-9-21(10-12-28)35-20-7-5-19(6-8-20)29(36(32,33)16-23(30)31)13-14-34-22-4-2-3-18(15-22)24(26)27;2*3-2(4,5)1(6)7/h2-8,15,21,25H,9-14,16H2,1H3,(H3,26,27)(H,30,31);2*(H,6,7). The number of carbonyl (C=O) groups is 3. The quantitative estimate of drug-likeness (QED) is 0.110. The largest absolute Gasteiger partial charge is 0.492 e. The molecule has 50 heavy (non-hydrogen) atoms. The summed E-state index contributed by atoms with van der Waals surface area (Å²) < 4.78 is 102. The van der Waals surface area contributed by atoms with Gasteiger partial charge in [-0.25, -0.2) is 18.0 Å². The minimum absolute atomic E-state index is 0.00235. The molecular formula is C28H33F6N5O10S. The molecule has 1 saturated heterocycles. The van der Waals surface area contributed by atoms with E-state index >= 15 is 0 Å². The number of carboxylic acid groups (broad SMARTS) is 3. The van der Waals surface area contributed by atoms with Crippen LogP contribution in [0.4, 0.5) is 32.0 Å². The molecule has 2 aromatic rings. The van der Waals surface area contributed by atoms with E-state index in [1.54, 1.807) is 55.5 Å². The van der Waals surface area contributed by atoms with Crippen LogP contribution in [0, 0.1) is 10.8 Å². The van der Waals surface area contributed by atoms with E-state index in [-0.39, 0.29) is 25.1 Å². The molecule has 0 saturated carbocycles. The Hall–Kier alpha value is -5.28. The molecule has 1 aliphatic heterocycles. The summed E-state index contributed by atoms with van der Waals surface area (Å²) in [5.41, 5.74) is 6.25. The predicted molar refractivity (Wildman–Crippen MR) is 164 cm³/mol. The Morgan fingerprint density at radius 3 is 1.84 bits per heavy atom. The number of rotatable bonds is 11.